The summed E-state index contributed by atoms with van der Waals surface area (Å²) in [6.45, 7) is 0. The van der Waals surface area contributed by atoms with Crippen molar-refractivity contribution in [3.63, 3.8) is 0 Å². The van der Waals surface area contributed by atoms with E-state index >= 15 is 0 Å². The summed E-state index contributed by atoms with van der Waals surface area (Å²) < 4.78 is 0. The Bertz CT molecular complexity index is 247. The van der Waals surface area contributed by atoms with E-state index in [1.807, 2.05) is 12.4 Å². The van der Waals surface area contributed by atoms with E-state index in [0.29, 0.717) is 0 Å². The molecular formula is C13H19N. The summed E-state index contributed by atoms with van der Waals surface area (Å²) in [6.07, 6.45) is 13.8. The van der Waals surface area contributed by atoms with Gasteiger partial charge in [0.2, 0.25) is 0 Å². The highest BCUT2D eigenvalue weighted by Gasteiger charge is 2.12. The van der Waals surface area contributed by atoms with Gasteiger partial charge in [0.15, 0.2) is 0 Å². The molecule has 1 aliphatic carbocycles. The van der Waals surface area contributed by atoms with Crippen LogP contribution in [0.3, 0.4) is 0 Å². The predicted molar refractivity (Wildman–Crippen MR) is 59.3 cm³/mol. The largest absolute Gasteiger partial charge is 0.264 e. The zero-order valence-corrected chi connectivity index (χ0v) is 8.78. The third-order valence-corrected chi connectivity index (χ3v) is 3.26. The SMILES string of the molecule is c1cncc(C2CCCCCCC2)c1. The predicted octanol–water partition coefficient (Wildman–Crippen LogP) is 3.91. The molecule has 0 bridgehead atoms. The monoisotopic (exact) mass is 189 g/mol. The van der Waals surface area contributed by atoms with Crippen molar-refractivity contribution >= 4 is 0 Å². The lowest BCUT2D eigenvalue weighted by molar-refractivity contribution is 0.455. The van der Waals surface area contributed by atoms with E-state index in [-0.39, 0.29) is 0 Å². The number of hydrogen-bond acceptors (Lipinski definition) is 1. The zero-order chi connectivity index (χ0) is 9.64. The summed E-state index contributed by atoms with van der Waals surface area (Å²) in [4.78, 5) is 4.21. The Kier molecular flexibility index (Phi) is 3.56. The highest BCUT2D eigenvalue weighted by Crippen LogP contribution is 2.30. The number of pyridine rings is 1. The van der Waals surface area contributed by atoms with Gasteiger partial charge in [-0.3, -0.25) is 4.98 Å². The van der Waals surface area contributed by atoms with Crippen molar-refractivity contribution in [1.82, 2.24) is 4.98 Å². The van der Waals surface area contributed by atoms with Gasteiger partial charge in [0, 0.05) is 12.4 Å². The molecule has 1 heteroatoms. The molecule has 14 heavy (non-hydrogen) atoms. The Balaban J connectivity index is 2.01. The molecule has 1 saturated carbocycles. The van der Waals surface area contributed by atoms with Gasteiger partial charge in [-0.05, 0) is 30.4 Å². The van der Waals surface area contributed by atoms with E-state index < -0.39 is 0 Å². The van der Waals surface area contributed by atoms with E-state index in [4.69, 9.17) is 0 Å². The molecule has 1 aromatic rings. The molecule has 0 radical (unpaired) electrons. The molecule has 0 aromatic carbocycles. The van der Waals surface area contributed by atoms with Gasteiger partial charge in [-0.1, -0.05) is 38.2 Å². The lowest BCUT2D eigenvalue weighted by Crippen LogP contribution is -2.02. The molecule has 1 aromatic heterocycles. The van der Waals surface area contributed by atoms with Crippen LogP contribution in [0.4, 0.5) is 0 Å². The highest BCUT2D eigenvalue weighted by atomic mass is 14.6. The second-order valence-corrected chi connectivity index (χ2v) is 4.33. The molecule has 1 heterocycles. The molecule has 2 rings (SSSR count). The minimum absolute atomic E-state index is 0.781. The van der Waals surface area contributed by atoms with Crippen LogP contribution < -0.4 is 0 Å². The van der Waals surface area contributed by atoms with Crippen molar-refractivity contribution in [3.8, 4) is 0 Å². The zero-order valence-electron chi connectivity index (χ0n) is 8.78. The Morgan fingerprint density at radius 3 is 2.36 bits per heavy atom. The quantitative estimate of drug-likeness (QED) is 0.652. The van der Waals surface area contributed by atoms with Gasteiger partial charge in [0.05, 0.1) is 0 Å². The molecule has 0 spiro atoms. The maximum absolute atomic E-state index is 4.21. The molecule has 76 valence electrons. The van der Waals surface area contributed by atoms with Gasteiger partial charge >= 0.3 is 0 Å². The first-order valence-electron chi connectivity index (χ1n) is 5.87. The molecule has 0 atom stereocenters. The number of rotatable bonds is 1. The summed E-state index contributed by atoms with van der Waals surface area (Å²) in [5.41, 5.74) is 1.45. The first-order valence-corrected chi connectivity index (χ1v) is 5.87. The summed E-state index contributed by atoms with van der Waals surface area (Å²) >= 11 is 0. The maximum atomic E-state index is 4.21. The minimum atomic E-state index is 0.781. The van der Waals surface area contributed by atoms with Crippen molar-refractivity contribution in [1.29, 1.82) is 0 Å². The molecule has 1 fully saturated rings. The van der Waals surface area contributed by atoms with Crippen LogP contribution in [0.1, 0.15) is 56.4 Å². The van der Waals surface area contributed by atoms with Crippen LogP contribution in [0.15, 0.2) is 24.5 Å². The van der Waals surface area contributed by atoms with Crippen molar-refractivity contribution in [2.24, 2.45) is 0 Å². The van der Waals surface area contributed by atoms with E-state index in [0.717, 1.165) is 5.92 Å². The molecule has 1 nitrogen and oxygen atoms in total. The van der Waals surface area contributed by atoms with Gasteiger partial charge in [-0.15, -0.1) is 0 Å². The fourth-order valence-corrected chi connectivity index (χ4v) is 2.41. The van der Waals surface area contributed by atoms with E-state index in [1.165, 1.54) is 50.5 Å². The molecule has 0 saturated heterocycles. The number of hydrogen-bond donors (Lipinski definition) is 0. The van der Waals surface area contributed by atoms with Crippen molar-refractivity contribution in [2.45, 2.75) is 50.9 Å². The first-order chi connectivity index (χ1) is 6.97. The second kappa shape index (κ2) is 5.14. The van der Waals surface area contributed by atoms with Crippen molar-refractivity contribution in [3.05, 3.63) is 30.1 Å². The van der Waals surface area contributed by atoms with E-state index in [9.17, 15) is 0 Å². The normalized spacial score (nSPS) is 20.0. The van der Waals surface area contributed by atoms with Crippen LogP contribution in [0.5, 0.6) is 0 Å². The van der Waals surface area contributed by atoms with Crippen molar-refractivity contribution in [2.75, 3.05) is 0 Å². The summed E-state index contributed by atoms with van der Waals surface area (Å²) in [6, 6.07) is 4.30. The Morgan fingerprint density at radius 1 is 1.00 bits per heavy atom. The summed E-state index contributed by atoms with van der Waals surface area (Å²) in [7, 11) is 0. The van der Waals surface area contributed by atoms with Crippen LogP contribution in [0.25, 0.3) is 0 Å². The molecular weight excluding hydrogens is 170 g/mol. The fraction of sp³-hybridized carbons (Fsp3) is 0.615. The van der Waals surface area contributed by atoms with Crippen LogP contribution in [-0.4, -0.2) is 4.98 Å². The molecule has 1 aliphatic rings. The van der Waals surface area contributed by atoms with Gasteiger partial charge < -0.3 is 0 Å². The molecule has 0 unspecified atom stereocenters. The molecule has 0 amide bonds. The second-order valence-electron chi connectivity index (χ2n) is 4.33. The maximum Gasteiger partial charge on any atom is 0.0302 e. The average Bonchev–Trinajstić information content (AvgIpc) is 2.18. The Labute approximate surface area is 86.6 Å². The Hall–Kier alpha value is -0.850. The van der Waals surface area contributed by atoms with E-state index in [2.05, 4.69) is 17.1 Å². The van der Waals surface area contributed by atoms with Gasteiger partial charge in [0.25, 0.3) is 0 Å². The van der Waals surface area contributed by atoms with Gasteiger partial charge in [0.1, 0.15) is 0 Å². The first kappa shape index (κ1) is 9.70. The topological polar surface area (TPSA) is 12.9 Å². The third kappa shape index (κ3) is 2.57. The standard InChI is InChI=1S/C13H19N/c1-2-4-7-12(8-5-3-1)13-9-6-10-14-11-13/h6,9-12H,1-5,7-8H2. The third-order valence-electron chi connectivity index (χ3n) is 3.26. The molecule has 0 N–H and O–H groups in total. The fourth-order valence-electron chi connectivity index (χ4n) is 2.41. The van der Waals surface area contributed by atoms with Gasteiger partial charge in [-0.25, -0.2) is 0 Å². The minimum Gasteiger partial charge on any atom is -0.264 e. The van der Waals surface area contributed by atoms with Crippen LogP contribution in [0, 0.1) is 0 Å². The highest BCUT2D eigenvalue weighted by molar-refractivity contribution is 5.14. The smallest absolute Gasteiger partial charge is 0.0302 e. The summed E-state index contributed by atoms with van der Waals surface area (Å²) in [5, 5.41) is 0. The lowest BCUT2D eigenvalue weighted by Gasteiger charge is -2.19. The number of nitrogens with zero attached hydrogens (tertiary/aromatic N) is 1. The van der Waals surface area contributed by atoms with Crippen LogP contribution in [-0.2, 0) is 0 Å². The lowest BCUT2D eigenvalue weighted by atomic mass is 9.87. The van der Waals surface area contributed by atoms with Gasteiger partial charge in [-0.2, -0.15) is 0 Å². The number of aromatic nitrogens is 1. The summed E-state index contributed by atoms with van der Waals surface area (Å²) in [5.74, 6) is 0.781. The molecule has 0 aliphatic heterocycles. The Morgan fingerprint density at radius 2 is 1.71 bits per heavy atom. The van der Waals surface area contributed by atoms with Crippen LogP contribution >= 0.6 is 0 Å². The van der Waals surface area contributed by atoms with Crippen LogP contribution in [0.2, 0.25) is 0 Å². The van der Waals surface area contributed by atoms with Crippen molar-refractivity contribution < 1.29 is 0 Å². The average molecular weight is 189 g/mol. The van der Waals surface area contributed by atoms with E-state index in [1.54, 1.807) is 0 Å².